The SMILES string of the molecule is CCCNCC1CCCCN1S(=O)(=O)C1CC1. The first-order valence-corrected chi connectivity index (χ1v) is 8.38. The van der Waals surface area contributed by atoms with Crippen molar-refractivity contribution in [1.82, 2.24) is 9.62 Å². The van der Waals surface area contributed by atoms with Crippen molar-refractivity contribution < 1.29 is 8.42 Å². The highest BCUT2D eigenvalue weighted by Crippen LogP contribution is 2.34. The zero-order valence-corrected chi connectivity index (χ0v) is 11.5. The topological polar surface area (TPSA) is 49.4 Å². The van der Waals surface area contributed by atoms with Gasteiger partial charge in [-0.05, 0) is 38.6 Å². The normalized spacial score (nSPS) is 27.2. The van der Waals surface area contributed by atoms with Crippen LogP contribution in [0.5, 0.6) is 0 Å². The first-order chi connectivity index (χ1) is 8.16. The molecule has 2 aliphatic rings. The molecule has 1 unspecified atom stereocenters. The minimum Gasteiger partial charge on any atom is -0.315 e. The second kappa shape index (κ2) is 5.67. The van der Waals surface area contributed by atoms with Crippen LogP contribution in [-0.4, -0.2) is 43.6 Å². The van der Waals surface area contributed by atoms with Crippen molar-refractivity contribution in [2.24, 2.45) is 0 Å². The molecule has 0 aromatic heterocycles. The smallest absolute Gasteiger partial charge is 0.217 e. The van der Waals surface area contributed by atoms with Crippen LogP contribution in [0.1, 0.15) is 45.4 Å². The van der Waals surface area contributed by atoms with E-state index in [9.17, 15) is 8.42 Å². The van der Waals surface area contributed by atoms with Crippen LogP contribution in [0.3, 0.4) is 0 Å². The van der Waals surface area contributed by atoms with E-state index in [2.05, 4.69) is 12.2 Å². The molecule has 5 heteroatoms. The molecule has 1 atom stereocenters. The Labute approximate surface area is 105 Å². The third kappa shape index (κ3) is 3.20. The van der Waals surface area contributed by atoms with Gasteiger partial charge in [-0.25, -0.2) is 8.42 Å². The van der Waals surface area contributed by atoms with Crippen molar-refractivity contribution in [2.75, 3.05) is 19.6 Å². The van der Waals surface area contributed by atoms with Gasteiger partial charge in [0.25, 0.3) is 0 Å². The summed E-state index contributed by atoms with van der Waals surface area (Å²) >= 11 is 0. The van der Waals surface area contributed by atoms with Gasteiger partial charge in [0.15, 0.2) is 0 Å². The lowest BCUT2D eigenvalue weighted by molar-refractivity contribution is 0.245. The molecular formula is C12H24N2O2S. The number of rotatable bonds is 6. The molecule has 0 bridgehead atoms. The number of hydrogen-bond acceptors (Lipinski definition) is 3. The van der Waals surface area contributed by atoms with E-state index in [-0.39, 0.29) is 11.3 Å². The van der Waals surface area contributed by atoms with Crippen molar-refractivity contribution in [3.63, 3.8) is 0 Å². The molecule has 1 heterocycles. The first-order valence-electron chi connectivity index (χ1n) is 6.87. The zero-order chi connectivity index (χ0) is 12.3. The van der Waals surface area contributed by atoms with Crippen LogP contribution in [0.4, 0.5) is 0 Å². The summed E-state index contributed by atoms with van der Waals surface area (Å²) in [6, 6.07) is 0.195. The molecule has 0 aromatic rings. The Morgan fingerprint density at radius 2 is 2.00 bits per heavy atom. The van der Waals surface area contributed by atoms with Crippen LogP contribution in [0, 0.1) is 0 Å². The summed E-state index contributed by atoms with van der Waals surface area (Å²) in [6.45, 7) is 4.66. The van der Waals surface area contributed by atoms with Gasteiger partial charge in [-0.15, -0.1) is 0 Å². The summed E-state index contributed by atoms with van der Waals surface area (Å²) in [5.41, 5.74) is 0. The Hall–Kier alpha value is -0.130. The van der Waals surface area contributed by atoms with Gasteiger partial charge >= 0.3 is 0 Å². The van der Waals surface area contributed by atoms with Crippen LogP contribution in [0.15, 0.2) is 0 Å². The maximum absolute atomic E-state index is 12.3. The molecule has 100 valence electrons. The largest absolute Gasteiger partial charge is 0.315 e. The summed E-state index contributed by atoms with van der Waals surface area (Å²) < 4.78 is 26.4. The van der Waals surface area contributed by atoms with Gasteiger partial charge < -0.3 is 5.32 Å². The van der Waals surface area contributed by atoms with Crippen LogP contribution >= 0.6 is 0 Å². The maximum atomic E-state index is 12.3. The van der Waals surface area contributed by atoms with E-state index in [0.29, 0.717) is 0 Å². The van der Waals surface area contributed by atoms with E-state index >= 15 is 0 Å². The molecule has 1 aliphatic heterocycles. The fourth-order valence-corrected chi connectivity index (χ4v) is 4.61. The molecule has 17 heavy (non-hydrogen) atoms. The lowest BCUT2D eigenvalue weighted by Crippen LogP contribution is -2.49. The number of nitrogens with zero attached hydrogens (tertiary/aromatic N) is 1. The minimum atomic E-state index is -2.98. The lowest BCUT2D eigenvalue weighted by Gasteiger charge is -2.35. The number of piperidine rings is 1. The van der Waals surface area contributed by atoms with E-state index in [1.165, 1.54) is 0 Å². The molecule has 2 rings (SSSR count). The Morgan fingerprint density at radius 1 is 1.24 bits per heavy atom. The predicted octanol–water partition coefficient (Wildman–Crippen LogP) is 1.33. The molecule has 1 saturated heterocycles. The van der Waals surface area contributed by atoms with Gasteiger partial charge in [0.05, 0.1) is 5.25 Å². The van der Waals surface area contributed by atoms with Crippen LogP contribution in [-0.2, 0) is 10.0 Å². The van der Waals surface area contributed by atoms with Crippen LogP contribution in [0.2, 0.25) is 0 Å². The molecule has 0 aromatic carbocycles. The van der Waals surface area contributed by atoms with Crippen molar-refractivity contribution in [1.29, 1.82) is 0 Å². The van der Waals surface area contributed by atoms with Crippen molar-refractivity contribution in [3.05, 3.63) is 0 Å². The standard InChI is InChI=1S/C12H24N2O2S/c1-2-8-13-10-11-5-3-4-9-14(11)17(15,16)12-6-7-12/h11-13H,2-10H2,1H3. The van der Waals surface area contributed by atoms with E-state index in [4.69, 9.17) is 0 Å². The molecule has 2 fully saturated rings. The zero-order valence-electron chi connectivity index (χ0n) is 10.7. The molecule has 1 aliphatic carbocycles. The number of nitrogens with one attached hydrogen (secondary N) is 1. The monoisotopic (exact) mass is 260 g/mol. The summed E-state index contributed by atoms with van der Waals surface area (Å²) in [5, 5.41) is 3.30. The molecule has 4 nitrogen and oxygen atoms in total. The minimum absolute atomic E-state index is 0.0609. The average Bonchev–Trinajstić information content (AvgIpc) is 3.14. The fraction of sp³-hybridized carbons (Fsp3) is 1.00. The Balaban J connectivity index is 1.96. The molecule has 0 spiro atoms. The van der Waals surface area contributed by atoms with Gasteiger partial charge in [-0.2, -0.15) is 4.31 Å². The fourth-order valence-electron chi connectivity index (χ4n) is 2.52. The second-order valence-corrected chi connectivity index (χ2v) is 7.37. The highest BCUT2D eigenvalue weighted by atomic mass is 32.2. The molecule has 0 amide bonds. The molecule has 0 radical (unpaired) electrons. The van der Waals surface area contributed by atoms with Crippen LogP contribution < -0.4 is 5.32 Å². The molecule has 1 saturated carbocycles. The second-order valence-electron chi connectivity index (χ2n) is 5.21. The van der Waals surface area contributed by atoms with E-state index in [0.717, 1.165) is 58.2 Å². The quantitative estimate of drug-likeness (QED) is 0.733. The highest BCUT2D eigenvalue weighted by molar-refractivity contribution is 7.90. The third-order valence-corrected chi connectivity index (χ3v) is 6.10. The van der Waals surface area contributed by atoms with Gasteiger partial charge in [0.1, 0.15) is 0 Å². The summed E-state index contributed by atoms with van der Waals surface area (Å²) in [6.07, 6.45) is 6.04. The van der Waals surface area contributed by atoms with Gasteiger partial charge in [-0.1, -0.05) is 13.3 Å². The van der Waals surface area contributed by atoms with E-state index < -0.39 is 10.0 Å². The van der Waals surface area contributed by atoms with Gasteiger partial charge in [0, 0.05) is 19.1 Å². The lowest BCUT2D eigenvalue weighted by atomic mass is 10.1. The van der Waals surface area contributed by atoms with Gasteiger partial charge in [-0.3, -0.25) is 0 Å². The molecule has 1 N–H and O–H groups in total. The summed E-state index contributed by atoms with van der Waals surface area (Å²) in [4.78, 5) is 0. The van der Waals surface area contributed by atoms with E-state index in [1.54, 1.807) is 4.31 Å². The summed E-state index contributed by atoms with van der Waals surface area (Å²) in [5.74, 6) is 0. The average molecular weight is 260 g/mol. The predicted molar refractivity (Wildman–Crippen MR) is 69.4 cm³/mol. The van der Waals surface area contributed by atoms with Crippen molar-refractivity contribution in [3.8, 4) is 0 Å². The first kappa shape index (κ1) is 13.3. The summed E-state index contributed by atoms with van der Waals surface area (Å²) in [7, 11) is -2.98. The number of hydrogen-bond donors (Lipinski definition) is 1. The van der Waals surface area contributed by atoms with E-state index in [1.807, 2.05) is 0 Å². The Kier molecular flexibility index (Phi) is 4.44. The van der Waals surface area contributed by atoms with Crippen LogP contribution in [0.25, 0.3) is 0 Å². The third-order valence-electron chi connectivity index (χ3n) is 3.65. The van der Waals surface area contributed by atoms with Gasteiger partial charge in [0.2, 0.25) is 10.0 Å². The Morgan fingerprint density at radius 3 is 2.65 bits per heavy atom. The van der Waals surface area contributed by atoms with Crippen molar-refractivity contribution >= 4 is 10.0 Å². The van der Waals surface area contributed by atoms with Crippen molar-refractivity contribution in [2.45, 2.75) is 56.7 Å². The highest BCUT2D eigenvalue weighted by Gasteiger charge is 2.43. The Bertz CT molecular complexity index is 338. The number of sulfonamides is 1. The maximum Gasteiger partial charge on any atom is 0.217 e. The molecular weight excluding hydrogens is 236 g/mol.